The molecule has 0 aromatic heterocycles. The second-order valence-electron chi connectivity index (χ2n) is 4.24. The highest BCUT2D eigenvalue weighted by atomic mass is 16.2. The number of carbonyl (C=O) groups is 1. The fourth-order valence-electron chi connectivity index (χ4n) is 1.89. The molecule has 1 fully saturated rings. The van der Waals surface area contributed by atoms with Crippen molar-refractivity contribution in [1.82, 2.24) is 15.1 Å². The van der Waals surface area contributed by atoms with Crippen LogP contribution in [0.2, 0.25) is 0 Å². The lowest BCUT2D eigenvalue weighted by atomic mass is 10.2. The normalized spacial score (nSPS) is 24.8. The highest BCUT2D eigenvalue weighted by molar-refractivity contribution is 5.83. The van der Waals surface area contributed by atoms with Crippen molar-refractivity contribution in [3.63, 3.8) is 0 Å². The smallest absolute Gasteiger partial charge is 0.241 e. The van der Waals surface area contributed by atoms with E-state index in [1.165, 1.54) is 0 Å². The highest BCUT2D eigenvalue weighted by Gasteiger charge is 2.32. The van der Waals surface area contributed by atoms with Crippen LogP contribution in [0.1, 0.15) is 20.3 Å². The Hall–Kier alpha value is -0.610. The van der Waals surface area contributed by atoms with Gasteiger partial charge in [0.25, 0.3) is 0 Å². The van der Waals surface area contributed by atoms with E-state index in [9.17, 15) is 4.79 Å². The van der Waals surface area contributed by atoms with E-state index in [1.54, 1.807) is 0 Å². The van der Waals surface area contributed by atoms with Gasteiger partial charge in [0.15, 0.2) is 0 Å². The van der Waals surface area contributed by atoms with Crippen LogP contribution >= 0.6 is 0 Å². The maximum atomic E-state index is 11.8. The summed E-state index contributed by atoms with van der Waals surface area (Å²) in [5.74, 6) is 0.252. The van der Waals surface area contributed by atoms with E-state index in [4.69, 9.17) is 0 Å². The predicted octanol–water partition coefficient (Wildman–Crippen LogP) is 0.104. The molecule has 4 nitrogen and oxygen atoms in total. The van der Waals surface area contributed by atoms with E-state index in [2.05, 4.69) is 17.1 Å². The molecule has 4 heteroatoms. The summed E-state index contributed by atoms with van der Waals surface area (Å²) in [7, 11) is 4.06. The van der Waals surface area contributed by atoms with E-state index in [0.717, 1.165) is 13.0 Å². The van der Waals surface area contributed by atoms with Crippen molar-refractivity contribution in [3.8, 4) is 0 Å². The zero-order valence-electron chi connectivity index (χ0n) is 9.58. The Morgan fingerprint density at radius 3 is 2.71 bits per heavy atom. The largest absolute Gasteiger partial charge is 0.325 e. The number of nitrogens with one attached hydrogen (secondary N) is 1. The van der Waals surface area contributed by atoms with Gasteiger partial charge in [0.05, 0.1) is 12.7 Å². The molecule has 14 heavy (non-hydrogen) atoms. The Labute approximate surface area is 86.2 Å². The zero-order chi connectivity index (χ0) is 10.7. The predicted molar refractivity (Wildman–Crippen MR) is 56.9 cm³/mol. The number of hydrogen-bond acceptors (Lipinski definition) is 3. The standard InChI is InChI=1S/C10H21N3O/c1-5-9-10(14)13(7-11-9)8(2)6-12(3)4/h8-9,11H,5-7H2,1-4H3. The van der Waals surface area contributed by atoms with E-state index in [-0.39, 0.29) is 11.9 Å². The molecule has 0 bridgehead atoms. The molecule has 0 aromatic carbocycles. The number of carbonyl (C=O) groups excluding carboxylic acids is 1. The fraction of sp³-hybridized carbons (Fsp3) is 0.900. The van der Waals surface area contributed by atoms with Crippen LogP contribution in [0.3, 0.4) is 0 Å². The summed E-state index contributed by atoms with van der Waals surface area (Å²) in [6.45, 7) is 5.75. The lowest BCUT2D eigenvalue weighted by Crippen LogP contribution is -2.42. The lowest BCUT2D eigenvalue weighted by molar-refractivity contribution is -0.130. The van der Waals surface area contributed by atoms with Gasteiger partial charge in [-0.05, 0) is 27.4 Å². The van der Waals surface area contributed by atoms with Gasteiger partial charge in [-0.3, -0.25) is 10.1 Å². The molecule has 0 aromatic rings. The maximum absolute atomic E-state index is 11.8. The van der Waals surface area contributed by atoms with Crippen LogP contribution in [-0.4, -0.2) is 55.1 Å². The quantitative estimate of drug-likeness (QED) is 0.698. The van der Waals surface area contributed by atoms with Crippen LogP contribution in [0, 0.1) is 0 Å². The number of amides is 1. The molecular formula is C10H21N3O. The van der Waals surface area contributed by atoms with Crippen molar-refractivity contribution in [3.05, 3.63) is 0 Å². The second-order valence-corrected chi connectivity index (χ2v) is 4.24. The first-order valence-electron chi connectivity index (χ1n) is 5.24. The first-order chi connectivity index (χ1) is 6.56. The maximum Gasteiger partial charge on any atom is 0.241 e. The van der Waals surface area contributed by atoms with E-state index >= 15 is 0 Å². The highest BCUT2D eigenvalue weighted by Crippen LogP contribution is 2.10. The number of nitrogens with zero attached hydrogens (tertiary/aromatic N) is 2. The Morgan fingerprint density at radius 2 is 2.29 bits per heavy atom. The van der Waals surface area contributed by atoms with Crippen molar-refractivity contribution in [1.29, 1.82) is 0 Å². The van der Waals surface area contributed by atoms with Crippen molar-refractivity contribution in [2.24, 2.45) is 0 Å². The Morgan fingerprint density at radius 1 is 1.64 bits per heavy atom. The minimum atomic E-state index is 0.0413. The molecule has 0 aliphatic carbocycles. The van der Waals surface area contributed by atoms with Gasteiger partial charge < -0.3 is 9.80 Å². The molecule has 2 unspecified atom stereocenters. The first-order valence-corrected chi connectivity index (χ1v) is 5.24. The Kier molecular flexibility index (Phi) is 3.89. The molecule has 1 amide bonds. The third-order valence-electron chi connectivity index (χ3n) is 2.66. The first kappa shape index (κ1) is 11.5. The van der Waals surface area contributed by atoms with Crippen LogP contribution in [0.5, 0.6) is 0 Å². The third-order valence-corrected chi connectivity index (χ3v) is 2.66. The summed E-state index contributed by atoms with van der Waals surface area (Å²) in [6.07, 6.45) is 0.879. The monoisotopic (exact) mass is 199 g/mol. The van der Waals surface area contributed by atoms with Gasteiger partial charge in [0.1, 0.15) is 0 Å². The minimum Gasteiger partial charge on any atom is -0.325 e. The van der Waals surface area contributed by atoms with Crippen molar-refractivity contribution in [2.75, 3.05) is 27.3 Å². The summed E-state index contributed by atoms with van der Waals surface area (Å²) >= 11 is 0. The average molecular weight is 199 g/mol. The van der Waals surface area contributed by atoms with Gasteiger partial charge in [0.2, 0.25) is 5.91 Å². The number of likely N-dealkylation sites (N-methyl/N-ethyl adjacent to an activating group) is 1. The minimum absolute atomic E-state index is 0.0413. The lowest BCUT2D eigenvalue weighted by Gasteiger charge is -2.26. The molecule has 1 saturated heterocycles. The molecule has 1 rings (SSSR count). The van der Waals surface area contributed by atoms with Gasteiger partial charge in [-0.1, -0.05) is 6.92 Å². The van der Waals surface area contributed by atoms with Gasteiger partial charge in [-0.2, -0.15) is 0 Å². The van der Waals surface area contributed by atoms with Crippen molar-refractivity contribution >= 4 is 5.91 Å². The molecule has 0 saturated carbocycles. The number of rotatable bonds is 4. The number of hydrogen-bond donors (Lipinski definition) is 1. The van der Waals surface area contributed by atoms with Crippen LogP contribution in [0.15, 0.2) is 0 Å². The molecule has 82 valence electrons. The second kappa shape index (κ2) is 4.75. The van der Waals surface area contributed by atoms with E-state index in [1.807, 2.05) is 25.9 Å². The molecular weight excluding hydrogens is 178 g/mol. The van der Waals surface area contributed by atoms with Crippen LogP contribution in [0.4, 0.5) is 0 Å². The Balaban J connectivity index is 2.50. The van der Waals surface area contributed by atoms with E-state index < -0.39 is 0 Å². The van der Waals surface area contributed by atoms with Gasteiger partial charge >= 0.3 is 0 Å². The van der Waals surface area contributed by atoms with Crippen molar-refractivity contribution < 1.29 is 4.79 Å². The van der Waals surface area contributed by atoms with Gasteiger partial charge in [0, 0.05) is 12.6 Å². The van der Waals surface area contributed by atoms with Crippen LogP contribution < -0.4 is 5.32 Å². The molecule has 1 aliphatic rings. The Bertz CT molecular complexity index is 206. The van der Waals surface area contributed by atoms with Crippen LogP contribution in [0.25, 0.3) is 0 Å². The zero-order valence-corrected chi connectivity index (χ0v) is 9.58. The molecule has 0 spiro atoms. The molecule has 1 N–H and O–H groups in total. The molecule has 2 atom stereocenters. The summed E-state index contributed by atoms with van der Waals surface area (Å²) in [6, 6.07) is 0.334. The third kappa shape index (κ3) is 2.45. The summed E-state index contributed by atoms with van der Waals surface area (Å²) in [5.41, 5.74) is 0. The topological polar surface area (TPSA) is 35.6 Å². The fourth-order valence-corrected chi connectivity index (χ4v) is 1.89. The van der Waals surface area contributed by atoms with E-state index in [0.29, 0.717) is 12.7 Å². The summed E-state index contributed by atoms with van der Waals surface area (Å²) in [4.78, 5) is 15.8. The molecule has 0 radical (unpaired) electrons. The average Bonchev–Trinajstić information content (AvgIpc) is 2.45. The molecule has 1 aliphatic heterocycles. The molecule has 1 heterocycles. The summed E-state index contributed by atoms with van der Waals surface area (Å²) in [5, 5.41) is 3.22. The van der Waals surface area contributed by atoms with Gasteiger partial charge in [-0.25, -0.2) is 0 Å². The van der Waals surface area contributed by atoms with Crippen molar-refractivity contribution in [2.45, 2.75) is 32.4 Å². The van der Waals surface area contributed by atoms with Crippen LogP contribution in [-0.2, 0) is 4.79 Å². The summed E-state index contributed by atoms with van der Waals surface area (Å²) < 4.78 is 0. The SMILES string of the molecule is CCC1NCN(C(C)CN(C)C)C1=O. The van der Waals surface area contributed by atoms with Gasteiger partial charge in [-0.15, -0.1) is 0 Å².